The van der Waals surface area contributed by atoms with E-state index in [1.165, 1.54) is 57.8 Å². The standard InChI is InChI=1S/C12H26N.C3H6O2.Na/c1-2-3-4-5-6-7-8-9-10-11-12-13;1-2-3(4)5;/h13H,2-12H2,1H3;2H2,1H3,(H,4,5);/q-1;;+1. The zero-order valence-electron chi connectivity index (χ0n) is 13.3. The summed E-state index contributed by atoms with van der Waals surface area (Å²) >= 11 is 0. The van der Waals surface area contributed by atoms with Crippen molar-refractivity contribution in [3.05, 3.63) is 5.73 Å². The Balaban J connectivity index is -0.000000366. The molecule has 110 valence electrons. The molecule has 3 nitrogen and oxygen atoms in total. The van der Waals surface area contributed by atoms with Gasteiger partial charge in [0.15, 0.2) is 0 Å². The first kappa shape index (κ1) is 24.4. The molecule has 0 saturated heterocycles. The van der Waals surface area contributed by atoms with Crippen molar-refractivity contribution >= 4 is 5.97 Å². The molecule has 0 rings (SSSR count). The predicted molar refractivity (Wildman–Crippen MR) is 79.0 cm³/mol. The van der Waals surface area contributed by atoms with E-state index in [0.717, 1.165) is 6.42 Å². The zero-order valence-corrected chi connectivity index (χ0v) is 15.3. The van der Waals surface area contributed by atoms with Crippen LogP contribution in [-0.2, 0) is 4.79 Å². The van der Waals surface area contributed by atoms with Crippen LogP contribution in [0.3, 0.4) is 0 Å². The molecule has 0 heterocycles. The number of carboxylic acids is 1. The van der Waals surface area contributed by atoms with E-state index >= 15 is 0 Å². The van der Waals surface area contributed by atoms with Crippen molar-refractivity contribution in [3.63, 3.8) is 0 Å². The summed E-state index contributed by atoms with van der Waals surface area (Å²) in [6.07, 6.45) is 13.8. The fourth-order valence-corrected chi connectivity index (χ4v) is 1.61. The molecule has 0 saturated carbocycles. The smallest absolute Gasteiger partial charge is 0.677 e. The third-order valence-electron chi connectivity index (χ3n) is 2.83. The fourth-order valence-electron chi connectivity index (χ4n) is 1.61. The minimum absolute atomic E-state index is 0. The third kappa shape index (κ3) is 32.2. The van der Waals surface area contributed by atoms with E-state index in [-0.39, 0.29) is 36.0 Å². The van der Waals surface area contributed by atoms with E-state index in [2.05, 4.69) is 6.92 Å². The second-order valence-electron chi connectivity index (χ2n) is 4.68. The maximum Gasteiger partial charge on any atom is 1.00 e. The van der Waals surface area contributed by atoms with Crippen molar-refractivity contribution in [3.8, 4) is 0 Å². The molecular formula is C15H32NNaO2. The maximum atomic E-state index is 9.37. The summed E-state index contributed by atoms with van der Waals surface area (Å²) in [6, 6.07) is 0. The van der Waals surface area contributed by atoms with Crippen LogP contribution in [0.15, 0.2) is 0 Å². The first-order valence-corrected chi connectivity index (χ1v) is 7.55. The van der Waals surface area contributed by atoms with E-state index in [9.17, 15) is 4.79 Å². The second kappa shape index (κ2) is 23.5. The van der Waals surface area contributed by atoms with Crippen molar-refractivity contribution in [2.75, 3.05) is 6.54 Å². The van der Waals surface area contributed by atoms with E-state index < -0.39 is 5.97 Å². The van der Waals surface area contributed by atoms with Crippen LogP contribution >= 0.6 is 0 Å². The van der Waals surface area contributed by atoms with Gasteiger partial charge in [-0.15, -0.1) is 0 Å². The molecule has 0 aromatic heterocycles. The zero-order chi connectivity index (χ0) is 14.1. The van der Waals surface area contributed by atoms with Crippen LogP contribution < -0.4 is 29.6 Å². The molecule has 0 aromatic carbocycles. The Morgan fingerprint density at radius 2 is 1.16 bits per heavy atom. The van der Waals surface area contributed by atoms with Gasteiger partial charge in [0.2, 0.25) is 0 Å². The van der Waals surface area contributed by atoms with Crippen LogP contribution in [0.4, 0.5) is 0 Å². The van der Waals surface area contributed by atoms with Crippen LogP contribution in [0.5, 0.6) is 0 Å². The Hall–Kier alpha value is 0.430. The molecule has 0 unspecified atom stereocenters. The largest absolute Gasteiger partial charge is 1.00 e. The average Bonchev–Trinajstić information content (AvgIpc) is 2.37. The van der Waals surface area contributed by atoms with Gasteiger partial charge in [-0.25, -0.2) is 0 Å². The first-order chi connectivity index (χ1) is 8.68. The Morgan fingerprint density at radius 3 is 1.42 bits per heavy atom. The molecule has 0 aliphatic rings. The van der Waals surface area contributed by atoms with E-state index in [4.69, 9.17) is 10.8 Å². The van der Waals surface area contributed by atoms with Crippen molar-refractivity contribution < 1.29 is 39.5 Å². The van der Waals surface area contributed by atoms with Crippen LogP contribution in [0.2, 0.25) is 0 Å². The minimum atomic E-state index is -0.745. The van der Waals surface area contributed by atoms with Crippen LogP contribution in [-0.4, -0.2) is 17.6 Å². The summed E-state index contributed by atoms with van der Waals surface area (Å²) in [6.45, 7) is 4.49. The number of hydrogen-bond acceptors (Lipinski definition) is 1. The summed E-state index contributed by atoms with van der Waals surface area (Å²) in [4.78, 5) is 9.37. The average molecular weight is 281 g/mol. The summed E-state index contributed by atoms with van der Waals surface area (Å²) in [5.41, 5.74) is 7.00. The number of carboxylic acid groups (broad SMARTS) is 1. The molecule has 0 amide bonds. The number of unbranched alkanes of at least 4 members (excludes halogenated alkanes) is 9. The first-order valence-electron chi connectivity index (χ1n) is 7.55. The molecule has 0 spiro atoms. The molecule has 19 heavy (non-hydrogen) atoms. The van der Waals surface area contributed by atoms with Crippen molar-refractivity contribution in [2.45, 2.75) is 84.5 Å². The number of hydrogen-bond donors (Lipinski definition) is 1. The number of carbonyl (C=O) groups is 1. The summed E-state index contributed by atoms with van der Waals surface area (Å²) < 4.78 is 0. The number of nitrogens with one attached hydrogen (secondary N) is 1. The van der Waals surface area contributed by atoms with Crippen LogP contribution in [0, 0.1) is 0 Å². The Bertz CT molecular complexity index is 156. The normalized spacial score (nSPS) is 9.21. The summed E-state index contributed by atoms with van der Waals surface area (Å²) in [5.74, 6) is -0.745. The number of rotatable bonds is 11. The quantitative estimate of drug-likeness (QED) is 0.467. The van der Waals surface area contributed by atoms with Gasteiger partial charge in [-0.3, -0.25) is 4.79 Å². The predicted octanol–water partition coefficient (Wildman–Crippen LogP) is 2.44. The molecule has 4 heteroatoms. The monoisotopic (exact) mass is 281 g/mol. The molecule has 0 aromatic rings. The second-order valence-corrected chi connectivity index (χ2v) is 4.68. The molecule has 0 atom stereocenters. The SMILES string of the molecule is CCC(=O)O.CCCCCCCCCCCC[NH-].[Na+]. The third-order valence-corrected chi connectivity index (χ3v) is 2.83. The maximum absolute atomic E-state index is 9.37. The minimum Gasteiger partial charge on any atom is -0.677 e. The van der Waals surface area contributed by atoms with E-state index in [0.29, 0.717) is 6.54 Å². The summed E-state index contributed by atoms with van der Waals surface area (Å²) in [5, 5.41) is 7.72. The van der Waals surface area contributed by atoms with Gasteiger partial charge in [0, 0.05) is 6.42 Å². The van der Waals surface area contributed by atoms with Crippen molar-refractivity contribution in [2.24, 2.45) is 0 Å². The molecular weight excluding hydrogens is 249 g/mol. The van der Waals surface area contributed by atoms with Gasteiger partial charge in [-0.05, 0) is 0 Å². The van der Waals surface area contributed by atoms with Gasteiger partial charge in [-0.1, -0.05) is 78.1 Å². The van der Waals surface area contributed by atoms with Gasteiger partial charge in [-0.2, -0.15) is 6.54 Å². The van der Waals surface area contributed by atoms with Gasteiger partial charge >= 0.3 is 35.5 Å². The number of aliphatic carboxylic acids is 1. The molecule has 0 bridgehead atoms. The Morgan fingerprint density at radius 1 is 0.842 bits per heavy atom. The topological polar surface area (TPSA) is 61.1 Å². The summed E-state index contributed by atoms with van der Waals surface area (Å²) in [7, 11) is 0. The molecule has 0 radical (unpaired) electrons. The van der Waals surface area contributed by atoms with Gasteiger partial charge in [0.1, 0.15) is 0 Å². The van der Waals surface area contributed by atoms with Crippen LogP contribution in [0.25, 0.3) is 5.73 Å². The Kier molecular flexibility index (Phi) is 30.3. The van der Waals surface area contributed by atoms with Gasteiger partial charge in [0.25, 0.3) is 0 Å². The molecule has 0 aliphatic carbocycles. The molecule has 0 fully saturated rings. The van der Waals surface area contributed by atoms with E-state index in [1.807, 2.05) is 0 Å². The van der Waals surface area contributed by atoms with E-state index in [1.54, 1.807) is 6.92 Å². The van der Waals surface area contributed by atoms with Crippen molar-refractivity contribution in [1.82, 2.24) is 0 Å². The fraction of sp³-hybridized carbons (Fsp3) is 0.933. The van der Waals surface area contributed by atoms with Gasteiger partial charge < -0.3 is 10.8 Å². The van der Waals surface area contributed by atoms with Gasteiger partial charge in [0.05, 0.1) is 0 Å². The Labute approximate surface area is 142 Å². The molecule has 0 aliphatic heterocycles. The van der Waals surface area contributed by atoms with Crippen molar-refractivity contribution in [1.29, 1.82) is 0 Å². The molecule has 2 N–H and O–H groups in total. The van der Waals surface area contributed by atoms with Crippen LogP contribution in [0.1, 0.15) is 84.5 Å².